The number of anilines is 1. The van der Waals surface area contributed by atoms with Crippen LogP contribution in [0.3, 0.4) is 0 Å². The van der Waals surface area contributed by atoms with Gasteiger partial charge in [-0.05, 0) is 56.0 Å². The monoisotopic (exact) mass is 454 g/mol. The molecule has 0 aliphatic rings. The topological polar surface area (TPSA) is 78.9 Å². The number of carboxylic acids is 1. The summed E-state index contributed by atoms with van der Waals surface area (Å²) in [4.78, 5) is 26.4. The van der Waals surface area contributed by atoms with E-state index in [1.807, 2.05) is 53.4 Å². The lowest BCUT2D eigenvalue weighted by molar-refractivity contribution is -0.154. The van der Waals surface area contributed by atoms with Gasteiger partial charge in [-0.1, -0.05) is 69.9 Å². The fourth-order valence-electron chi connectivity index (χ4n) is 3.50. The molecule has 2 aromatic rings. The number of carbonyl (C=O) groups is 2. The third kappa shape index (κ3) is 8.79. The fraction of sp³-hybridized carbons (Fsp3) is 0.481. The molecule has 2 amide bonds. The Kier molecular flexibility index (Phi) is 10.7. The molecule has 0 aromatic heterocycles. The van der Waals surface area contributed by atoms with Gasteiger partial charge in [0, 0.05) is 18.8 Å². The largest absolute Gasteiger partial charge is 0.478 e. The highest BCUT2D eigenvalue weighted by molar-refractivity contribution is 5.89. The first-order valence-electron chi connectivity index (χ1n) is 12.0. The molecule has 6 heteroatoms. The lowest BCUT2D eigenvalue weighted by Crippen LogP contribution is -2.40. The van der Waals surface area contributed by atoms with Gasteiger partial charge in [-0.25, -0.2) is 9.59 Å². The highest BCUT2D eigenvalue weighted by Gasteiger charge is 2.33. The summed E-state index contributed by atoms with van der Waals surface area (Å²) < 4.78 is 5.80. The van der Waals surface area contributed by atoms with Gasteiger partial charge >= 0.3 is 12.0 Å². The maximum Gasteiger partial charge on any atom is 0.347 e. The van der Waals surface area contributed by atoms with Crippen molar-refractivity contribution in [2.45, 2.75) is 71.3 Å². The summed E-state index contributed by atoms with van der Waals surface area (Å²) in [6.45, 7) is 6.83. The Labute approximate surface area is 198 Å². The van der Waals surface area contributed by atoms with Crippen LogP contribution in [0.25, 0.3) is 0 Å². The molecule has 0 heterocycles. The Balaban J connectivity index is 2.03. The van der Waals surface area contributed by atoms with Crippen LogP contribution in [-0.4, -0.2) is 40.7 Å². The summed E-state index contributed by atoms with van der Waals surface area (Å²) in [5.74, 6) is -0.457. The SMILES string of the molecule is CCCCCCCN(CCc1cccc(OC(C)(CC)C(=O)O)c1)C(=O)Nc1ccccc1. The normalized spacial score (nSPS) is 12.6. The molecule has 0 fully saturated rings. The zero-order chi connectivity index (χ0) is 24.1. The van der Waals surface area contributed by atoms with Crippen molar-refractivity contribution in [1.82, 2.24) is 4.90 Å². The van der Waals surface area contributed by atoms with Gasteiger partial charge in [0.25, 0.3) is 0 Å². The van der Waals surface area contributed by atoms with Gasteiger partial charge in [-0.3, -0.25) is 0 Å². The Morgan fingerprint density at radius 2 is 1.70 bits per heavy atom. The Hall–Kier alpha value is -3.02. The molecule has 0 aliphatic heterocycles. The summed E-state index contributed by atoms with van der Waals surface area (Å²) in [6, 6.07) is 16.9. The average Bonchev–Trinajstić information content (AvgIpc) is 2.81. The number of amides is 2. The van der Waals surface area contributed by atoms with Crippen LogP contribution in [-0.2, 0) is 11.2 Å². The standard InChI is InChI=1S/C27H38N2O4/c1-4-6-7-8-12-19-29(26(32)28-23-15-10-9-11-16-23)20-18-22-14-13-17-24(21-22)33-27(3,5-2)25(30)31/h9-11,13-17,21H,4-8,12,18-20H2,1-3H3,(H,28,32)(H,30,31). The van der Waals surface area contributed by atoms with Crippen molar-refractivity contribution in [3.8, 4) is 5.75 Å². The predicted molar refractivity (Wildman–Crippen MR) is 133 cm³/mol. The molecule has 1 unspecified atom stereocenters. The number of rotatable bonds is 14. The van der Waals surface area contributed by atoms with E-state index >= 15 is 0 Å². The van der Waals surface area contributed by atoms with Gasteiger partial charge in [0.2, 0.25) is 5.60 Å². The number of hydrogen-bond acceptors (Lipinski definition) is 3. The first-order valence-corrected chi connectivity index (χ1v) is 12.0. The highest BCUT2D eigenvalue weighted by Crippen LogP contribution is 2.23. The number of carboxylic acid groups (broad SMARTS) is 1. The van der Waals surface area contributed by atoms with Gasteiger partial charge in [-0.15, -0.1) is 0 Å². The molecule has 0 aliphatic carbocycles. The Bertz CT molecular complexity index is 871. The van der Waals surface area contributed by atoms with Crippen molar-refractivity contribution in [2.24, 2.45) is 0 Å². The van der Waals surface area contributed by atoms with E-state index < -0.39 is 11.6 Å². The summed E-state index contributed by atoms with van der Waals surface area (Å²) in [5.41, 5.74) is 0.514. The minimum absolute atomic E-state index is 0.103. The van der Waals surface area contributed by atoms with Crippen molar-refractivity contribution in [1.29, 1.82) is 0 Å². The van der Waals surface area contributed by atoms with Crippen LogP contribution < -0.4 is 10.1 Å². The molecule has 0 bridgehead atoms. The quantitative estimate of drug-likeness (QED) is 0.325. The first-order chi connectivity index (χ1) is 15.9. The highest BCUT2D eigenvalue weighted by atomic mass is 16.5. The number of nitrogens with zero attached hydrogens (tertiary/aromatic N) is 1. The van der Waals surface area contributed by atoms with Crippen LogP contribution >= 0.6 is 0 Å². The summed E-state index contributed by atoms with van der Waals surface area (Å²) in [6.07, 6.45) is 6.69. The van der Waals surface area contributed by atoms with E-state index in [9.17, 15) is 14.7 Å². The average molecular weight is 455 g/mol. The molecule has 180 valence electrons. The molecule has 0 spiro atoms. The van der Waals surface area contributed by atoms with Crippen molar-refractivity contribution in [3.05, 3.63) is 60.2 Å². The van der Waals surface area contributed by atoms with Crippen LogP contribution in [0.2, 0.25) is 0 Å². The van der Waals surface area contributed by atoms with E-state index in [-0.39, 0.29) is 6.03 Å². The lowest BCUT2D eigenvalue weighted by atomic mass is 10.0. The number of para-hydroxylation sites is 1. The molecule has 2 N–H and O–H groups in total. The Morgan fingerprint density at radius 1 is 0.970 bits per heavy atom. The van der Waals surface area contributed by atoms with Crippen LogP contribution in [0.4, 0.5) is 10.5 Å². The number of ether oxygens (including phenoxy) is 1. The van der Waals surface area contributed by atoms with Gasteiger partial charge in [0.1, 0.15) is 5.75 Å². The molecule has 0 saturated heterocycles. The number of urea groups is 1. The maximum absolute atomic E-state index is 12.9. The number of benzene rings is 2. The van der Waals surface area contributed by atoms with Gasteiger partial charge < -0.3 is 20.1 Å². The summed E-state index contributed by atoms with van der Waals surface area (Å²) in [5, 5.41) is 12.5. The predicted octanol–water partition coefficient (Wildman–Crippen LogP) is 6.37. The number of unbranched alkanes of at least 4 members (excludes halogenated alkanes) is 4. The zero-order valence-electron chi connectivity index (χ0n) is 20.2. The molecule has 0 saturated carbocycles. The minimum atomic E-state index is -1.27. The Morgan fingerprint density at radius 3 is 2.36 bits per heavy atom. The van der Waals surface area contributed by atoms with E-state index in [1.165, 1.54) is 19.3 Å². The fourth-order valence-corrected chi connectivity index (χ4v) is 3.50. The summed E-state index contributed by atoms with van der Waals surface area (Å²) >= 11 is 0. The summed E-state index contributed by atoms with van der Waals surface area (Å²) in [7, 11) is 0. The molecule has 6 nitrogen and oxygen atoms in total. The van der Waals surface area contributed by atoms with Crippen LogP contribution in [0.5, 0.6) is 5.75 Å². The molecular weight excluding hydrogens is 416 g/mol. The van der Waals surface area contributed by atoms with Crippen LogP contribution in [0, 0.1) is 0 Å². The number of aliphatic carboxylic acids is 1. The first kappa shape index (κ1) is 26.2. The molecular formula is C27H38N2O4. The second kappa shape index (κ2) is 13.5. The molecule has 2 rings (SSSR count). The van der Waals surface area contributed by atoms with Crippen molar-refractivity contribution in [3.63, 3.8) is 0 Å². The van der Waals surface area contributed by atoms with E-state index in [4.69, 9.17) is 4.74 Å². The van der Waals surface area contributed by atoms with Crippen molar-refractivity contribution < 1.29 is 19.4 Å². The second-order valence-corrected chi connectivity index (χ2v) is 8.59. The molecule has 2 aromatic carbocycles. The van der Waals surface area contributed by atoms with Crippen LogP contribution in [0.1, 0.15) is 64.9 Å². The number of nitrogens with one attached hydrogen (secondary N) is 1. The second-order valence-electron chi connectivity index (χ2n) is 8.59. The number of carbonyl (C=O) groups excluding carboxylic acids is 1. The van der Waals surface area contributed by atoms with E-state index in [0.29, 0.717) is 31.7 Å². The van der Waals surface area contributed by atoms with Crippen molar-refractivity contribution in [2.75, 3.05) is 18.4 Å². The third-order valence-electron chi connectivity index (χ3n) is 5.88. The molecule has 33 heavy (non-hydrogen) atoms. The van der Waals surface area contributed by atoms with Gasteiger partial charge in [0.05, 0.1) is 0 Å². The minimum Gasteiger partial charge on any atom is -0.478 e. The molecule has 1 atom stereocenters. The van der Waals surface area contributed by atoms with E-state index in [1.54, 1.807) is 19.9 Å². The zero-order valence-corrected chi connectivity index (χ0v) is 20.2. The molecule has 0 radical (unpaired) electrons. The smallest absolute Gasteiger partial charge is 0.347 e. The van der Waals surface area contributed by atoms with Gasteiger partial charge in [0.15, 0.2) is 0 Å². The number of hydrogen-bond donors (Lipinski definition) is 2. The van der Waals surface area contributed by atoms with Crippen molar-refractivity contribution >= 4 is 17.7 Å². The van der Waals surface area contributed by atoms with E-state index in [0.717, 1.165) is 24.1 Å². The maximum atomic E-state index is 12.9. The van der Waals surface area contributed by atoms with E-state index in [2.05, 4.69) is 12.2 Å². The van der Waals surface area contributed by atoms with Gasteiger partial charge in [-0.2, -0.15) is 0 Å². The third-order valence-corrected chi connectivity index (χ3v) is 5.88. The van der Waals surface area contributed by atoms with Crippen LogP contribution in [0.15, 0.2) is 54.6 Å². The lowest BCUT2D eigenvalue weighted by Gasteiger charge is -2.25.